The first-order valence-corrected chi connectivity index (χ1v) is 8.22. The van der Waals surface area contributed by atoms with Gasteiger partial charge in [-0.15, -0.1) is 0 Å². The summed E-state index contributed by atoms with van der Waals surface area (Å²) in [7, 11) is 0. The number of nitrogen functional groups attached to an aromatic ring is 1. The molecule has 1 heterocycles. The van der Waals surface area contributed by atoms with E-state index in [4.69, 9.17) is 15.2 Å². The van der Waals surface area contributed by atoms with Gasteiger partial charge in [0, 0.05) is 24.5 Å². The minimum absolute atomic E-state index is 0.243. The minimum Gasteiger partial charge on any atom is -0.491 e. The van der Waals surface area contributed by atoms with Crippen molar-refractivity contribution in [3.8, 4) is 5.75 Å². The second kappa shape index (κ2) is 7.88. The van der Waals surface area contributed by atoms with Gasteiger partial charge in [-0.05, 0) is 61.2 Å². The molecule has 2 aromatic carbocycles. The van der Waals surface area contributed by atoms with E-state index in [2.05, 4.69) is 5.32 Å². The van der Waals surface area contributed by atoms with E-state index >= 15 is 0 Å². The molecule has 1 unspecified atom stereocenters. The van der Waals surface area contributed by atoms with Crippen molar-refractivity contribution in [2.45, 2.75) is 31.9 Å². The van der Waals surface area contributed by atoms with Crippen molar-refractivity contribution in [2.75, 3.05) is 24.3 Å². The lowest BCUT2D eigenvalue weighted by molar-refractivity contribution is -0.0110. The Labute approximate surface area is 137 Å². The molecular weight excluding hydrogens is 288 g/mol. The highest BCUT2D eigenvalue weighted by atomic mass is 16.5. The maximum atomic E-state index is 5.81. The van der Waals surface area contributed by atoms with Gasteiger partial charge in [0.05, 0.1) is 6.10 Å². The summed E-state index contributed by atoms with van der Waals surface area (Å²) in [5, 5.41) is 3.39. The topological polar surface area (TPSA) is 56.5 Å². The summed E-state index contributed by atoms with van der Waals surface area (Å²) in [6.07, 6.45) is 3.75. The molecule has 4 heteroatoms. The first-order chi connectivity index (χ1) is 11.3. The van der Waals surface area contributed by atoms with E-state index in [1.54, 1.807) is 0 Å². The van der Waals surface area contributed by atoms with Crippen LogP contribution in [0.25, 0.3) is 0 Å². The highest BCUT2D eigenvalue weighted by Crippen LogP contribution is 2.19. The first-order valence-electron chi connectivity index (χ1n) is 8.22. The molecule has 2 aromatic rings. The van der Waals surface area contributed by atoms with Gasteiger partial charge in [0.1, 0.15) is 12.4 Å². The highest BCUT2D eigenvalue weighted by molar-refractivity contribution is 5.47. The Hall–Kier alpha value is -2.20. The molecule has 3 rings (SSSR count). The Bertz CT molecular complexity index is 590. The van der Waals surface area contributed by atoms with Crippen molar-refractivity contribution in [3.05, 3.63) is 54.1 Å². The molecule has 122 valence electrons. The molecule has 1 aliphatic rings. The molecule has 0 bridgehead atoms. The Morgan fingerprint density at radius 1 is 1.04 bits per heavy atom. The third-order valence-electron chi connectivity index (χ3n) is 4.04. The van der Waals surface area contributed by atoms with Crippen molar-refractivity contribution < 1.29 is 9.47 Å². The van der Waals surface area contributed by atoms with E-state index in [1.807, 2.05) is 48.5 Å². The van der Waals surface area contributed by atoms with Crippen LogP contribution < -0.4 is 15.8 Å². The van der Waals surface area contributed by atoms with E-state index in [1.165, 1.54) is 18.4 Å². The Morgan fingerprint density at radius 3 is 2.52 bits per heavy atom. The fourth-order valence-electron chi connectivity index (χ4n) is 2.64. The predicted molar refractivity (Wildman–Crippen MR) is 93.7 cm³/mol. The quantitative estimate of drug-likeness (QED) is 0.796. The van der Waals surface area contributed by atoms with Gasteiger partial charge in [-0.1, -0.05) is 12.1 Å². The van der Waals surface area contributed by atoms with Crippen LogP contribution in [0.2, 0.25) is 0 Å². The van der Waals surface area contributed by atoms with E-state index in [0.29, 0.717) is 6.61 Å². The number of ether oxygens (including phenoxy) is 2. The van der Waals surface area contributed by atoms with Crippen molar-refractivity contribution in [1.29, 1.82) is 0 Å². The van der Waals surface area contributed by atoms with Gasteiger partial charge in [-0.25, -0.2) is 0 Å². The van der Waals surface area contributed by atoms with E-state index in [-0.39, 0.29) is 6.10 Å². The number of nitrogens with one attached hydrogen (secondary N) is 1. The third kappa shape index (κ3) is 4.89. The molecule has 0 radical (unpaired) electrons. The molecule has 0 amide bonds. The standard InChI is InChI=1S/C19H24N2O2/c20-16-6-4-15(5-7-16)13-21-17-8-10-18(11-9-17)23-14-19-3-1-2-12-22-19/h4-11,19,21H,1-3,12-14,20H2. The highest BCUT2D eigenvalue weighted by Gasteiger charge is 2.14. The van der Waals surface area contributed by atoms with Crippen molar-refractivity contribution in [2.24, 2.45) is 0 Å². The van der Waals surface area contributed by atoms with Gasteiger partial charge in [0.15, 0.2) is 0 Å². The number of anilines is 2. The van der Waals surface area contributed by atoms with Crippen LogP contribution >= 0.6 is 0 Å². The fourth-order valence-corrected chi connectivity index (χ4v) is 2.64. The van der Waals surface area contributed by atoms with Crippen LogP contribution in [-0.4, -0.2) is 19.3 Å². The monoisotopic (exact) mass is 312 g/mol. The first kappa shape index (κ1) is 15.7. The van der Waals surface area contributed by atoms with Crippen LogP contribution in [0.1, 0.15) is 24.8 Å². The lowest BCUT2D eigenvalue weighted by Crippen LogP contribution is -2.25. The number of nitrogens with two attached hydrogens (primary N) is 1. The van der Waals surface area contributed by atoms with Gasteiger partial charge in [-0.2, -0.15) is 0 Å². The summed E-state index contributed by atoms with van der Waals surface area (Å²) in [5.41, 5.74) is 8.75. The van der Waals surface area contributed by atoms with Gasteiger partial charge in [0.25, 0.3) is 0 Å². The van der Waals surface area contributed by atoms with Crippen LogP contribution in [0.5, 0.6) is 5.75 Å². The second-order valence-electron chi connectivity index (χ2n) is 5.92. The molecule has 1 fully saturated rings. The van der Waals surface area contributed by atoms with Crippen LogP contribution in [0, 0.1) is 0 Å². The average Bonchev–Trinajstić information content (AvgIpc) is 2.61. The summed E-state index contributed by atoms with van der Waals surface area (Å²) < 4.78 is 11.5. The van der Waals surface area contributed by atoms with Crippen molar-refractivity contribution in [1.82, 2.24) is 0 Å². The van der Waals surface area contributed by atoms with Gasteiger partial charge in [0.2, 0.25) is 0 Å². The summed E-state index contributed by atoms with van der Waals surface area (Å²) in [4.78, 5) is 0. The Balaban J connectivity index is 1.45. The average molecular weight is 312 g/mol. The SMILES string of the molecule is Nc1ccc(CNc2ccc(OCC3CCCCO3)cc2)cc1. The molecule has 1 aliphatic heterocycles. The van der Waals surface area contributed by atoms with Gasteiger partial charge < -0.3 is 20.5 Å². The van der Waals surface area contributed by atoms with Crippen LogP contribution in [0.4, 0.5) is 11.4 Å². The smallest absolute Gasteiger partial charge is 0.119 e. The maximum Gasteiger partial charge on any atom is 0.119 e. The third-order valence-corrected chi connectivity index (χ3v) is 4.04. The normalized spacial score (nSPS) is 17.7. The van der Waals surface area contributed by atoms with Crippen molar-refractivity contribution in [3.63, 3.8) is 0 Å². The van der Waals surface area contributed by atoms with E-state index in [9.17, 15) is 0 Å². The Kier molecular flexibility index (Phi) is 5.37. The van der Waals surface area contributed by atoms with E-state index in [0.717, 1.165) is 36.7 Å². The zero-order chi connectivity index (χ0) is 15.9. The molecule has 1 saturated heterocycles. The summed E-state index contributed by atoms with van der Waals surface area (Å²) >= 11 is 0. The fraction of sp³-hybridized carbons (Fsp3) is 0.368. The second-order valence-corrected chi connectivity index (χ2v) is 5.92. The predicted octanol–water partition coefficient (Wildman–Crippen LogP) is 3.83. The van der Waals surface area contributed by atoms with Gasteiger partial charge in [-0.3, -0.25) is 0 Å². The van der Waals surface area contributed by atoms with Gasteiger partial charge >= 0.3 is 0 Å². The minimum atomic E-state index is 0.243. The molecule has 0 aromatic heterocycles. The molecular formula is C19H24N2O2. The number of benzene rings is 2. The summed E-state index contributed by atoms with van der Waals surface area (Å²) in [6, 6.07) is 16.0. The largest absolute Gasteiger partial charge is 0.491 e. The van der Waals surface area contributed by atoms with E-state index < -0.39 is 0 Å². The lowest BCUT2D eigenvalue weighted by Gasteiger charge is -2.22. The van der Waals surface area contributed by atoms with Crippen LogP contribution in [0.15, 0.2) is 48.5 Å². The zero-order valence-electron chi connectivity index (χ0n) is 13.3. The molecule has 23 heavy (non-hydrogen) atoms. The van der Waals surface area contributed by atoms with Crippen LogP contribution in [-0.2, 0) is 11.3 Å². The zero-order valence-corrected chi connectivity index (χ0v) is 13.3. The van der Waals surface area contributed by atoms with Crippen molar-refractivity contribution >= 4 is 11.4 Å². The summed E-state index contributed by atoms with van der Waals surface area (Å²) in [5.74, 6) is 0.886. The summed E-state index contributed by atoms with van der Waals surface area (Å²) in [6.45, 7) is 2.27. The number of hydrogen-bond donors (Lipinski definition) is 2. The lowest BCUT2D eigenvalue weighted by atomic mass is 10.1. The molecule has 0 aliphatic carbocycles. The Morgan fingerprint density at radius 2 is 1.83 bits per heavy atom. The van der Waals surface area contributed by atoms with Crippen LogP contribution in [0.3, 0.4) is 0 Å². The molecule has 1 atom stereocenters. The molecule has 4 nitrogen and oxygen atoms in total. The number of rotatable bonds is 6. The molecule has 3 N–H and O–H groups in total. The number of hydrogen-bond acceptors (Lipinski definition) is 4. The molecule has 0 spiro atoms. The maximum absolute atomic E-state index is 5.81. The molecule has 0 saturated carbocycles.